The zero-order valence-corrected chi connectivity index (χ0v) is 17.5. The molecule has 0 fully saturated rings. The minimum atomic E-state index is -0.242. The van der Waals surface area contributed by atoms with Gasteiger partial charge in [0.25, 0.3) is 5.91 Å². The number of carbonyl (C=O) groups is 1. The average molecular weight is 398 g/mol. The van der Waals surface area contributed by atoms with Crippen molar-refractivity contribution in [2.75, 3.05) is 5.75 Å². The topological polar surface area (TPSA) is 72.7 Å². The Morgan fingerprint density at radius 1 is 1.25 bits per heavy atom. The molecule has 0 aliphatic carbocycles. The molecule has 0 aliphatic rings. The standard InChI is InChI=1S/C21H27N5OS/c1-4-6-11-26-19-8-7-16(28-12-5-2)13-17(19)25-20(26)15(3)24-21(27)18-14-22-9-10-23-18/h7-10,13-15H,4-6,11-12H2,1-3H3,(H,24,27). The van der Waals surface area contributed by atoms with Gasteiger partial charge in [-0.05, 0) is 43.7 Å². The number of aryl methyl sites for hydroxylation is 1. The SMILES string of the molecule is CCCCn1c(C(C)NC(=O)c2cnccn2)nc2cc(SCCC)ccc21. The number of aromatic nitrogens is 4. The van der Waals surface area contributed by atoms with E-state index < -0.39 is 0 Å². The van der Waals surface area contributed by atoms with Gasteiger partial charge in [-0.1, -0.05) is 20.3 Å². The first-order valence-electron chi connectivity index (χ1n) is 9.83. The van der Waals surface area contributed by atoms with Gasteiger partial charge in [-0.15, -0.1) is 11.8 Å². The number of nitrogens with zero attached hydrogens (tertiary/aromatic N) is 4. The number of imidazole rings is 1. The zero-order chi connectivity index (χ0) is 19.9. The van der Waals surface area contributed by atoms with Crippen LogP contribution in [0.15, 0.2) is 41.7 Å². The summed E-state index contributed by atoms with van der Waals surface area (Å²) in [6.45, 7) is 7.21. The van der Waals surface area contributed by atoms with Crippen molar-refractivity contribution >= 4 is 28.7 Å². The predicted octanol–water partition coefficient (Wildman–Crippen LogP) is 4.62. The van der Waals surface area contributed by atoms with E-state index in [-0.39, 0.29) is 11.9 Å². The van der Waals surface area contributed by atoms with Gasteiger partial charge in [-0.3, -0.25) is 9.78 Å². The third-order valence-electron chi connectivity index (χ3n) is 4.49. The first-order valence-corrected chi connectivity index (χ1v) is 10.8. The lowest BCUT2D eigenvalue weighted by molar-refractivity contribution is 0.0932. The van der Waals surface area contributed by atoms with Gasteiger partial charge in [0.2, 0.25) is 0 Å². The van der Waals surface area contributed by atoms with Gasteiger partial charge >= 0.3 is 0 Å². The minimum absolute atomic E-state index is 0.231. The Hall–Kier alpha value is -2.41. The Kier molecular flexibility index (Phi) is 7.03. The molecule has 0 spiro atoms. The lowest BCUT2D eigenvalue weighted by Crippen LogP contribution is -2.29. The Balaban J connectivity index is 1.89. The second kappa shape index (κ2) is 9.68. The summed E-state index contributed by atoms with van der Waals surface area (Å²) >= 11 is 1.85. The average Bonchev–Trinajstić information content (AvgIpc) is 3.09. The highest BCUT2D eigenvalue weighted by Crippen LogP contribution is 2.27. The summed E-state index contributed by atoms with van der Waals surface area (Å²) in [7, 11) is 0. The summed E-state index contributed by atoms with van der Waals surface area (Å²) in [5, 5.41) is 3.01. The Labute approximate surface area is 170 Å². The molecular weight excluding hydrogens is 370 g/mol. The van der Waals surface area contributed by atoms with Crippen molar-refractivity contribution in [1.82, 2.24) is 24.8 Å². The first-order chi connectivity index (χ1) is 13.6. The van der Waals surface area contributed by atoms with Gasteiger partial charge in [-0.2, -0.15) is 0 Å². The molecule has 28 heavy (non-hydrogen) atoms. The highest BCUT2D eigenvalue weighted by Gasteiger charge is 2.19. The summed E-state index contributed by atoms with van der Waals surface area (Å²) in [5.74, 6) is 1.73. The summed E-state index contributed by atoms with van der Waals surface area (Å²) < 4.78 is 2.23. The first kappa shape index (κ1) is 20.3. The number of fused-ring (bicyclic) bond motifs is 1. The molecule has 0 saturated carbocycles. The number of thioether (sulfide) groups is 1. The molecule has 3 aromatic rings. The van der Waals surface area contributed by atoms with Crippen LogP contribution in [0.3, 0.4) is 0 Å². The lowest BCUT2D eigenvalue weighted by atomic mass is 10.2. The summed E-state index contributed by atoms with van der Waals surface area (Å²) in [6.07, 6.45) is 7.85. The fraction of sp³-hybridized carbons (Fsp3) is 0.429. The Bertz CT molecular complexity index is 925. The van der Waals surface area contributed by atoms with E-state index in [4.69, 9.17) is 4.98 Å². The van der Waals surface area contributed by atoms with Crippen LogP contribution in [-0.4, -0.2) is 31.2 Å². The number of amides is 1. The fourth-order valence-electron chi connectivity index (χ4n) is 3.07. The van der Waals surface area contributed by atoms with Crippen molar-refractivity contribution in [2.45, 2.75) is 57.5 Å². The summed E-state index contributed by atoms with van der Waals surface area (Å²) in [4.78, 5) is 26.6. The molecule has 7 heteroatoms. The maximum atomic E-state index is 12.5. The third kappa shape index (κ3) is 4.70. The maximum absolute atomic E-state index is 12.5. The highest BCUT2D eigenvalue weighted by molar-refractivity contribution is 7.99. The van der Waals surface area contributed by atoms with E-state index in [2.05, 4.69) is 51.9 Å². The van der Waals surface area contributed by atoms with Crippen molar-refractivity contribution in [1.29, 1.82) is 0 Å². The number of nitrogens with one attached hydrogen (secondary N) is 1. The molecule has 0 radical (unpaired) electrons. The van der Waals surface area contributed by atoms with Crippen LogP contribution in [0.1, 0.15) is 62.4 Å². The Morgan fingerprint density at radius 3 is 2.82 bits per heavy atom. The van der Waals surface area contributed by atoms with Crippen molar-refractivity contribution < 1.29 is 4.79 Å². The summed E-state index contributed by atoms with van der Waals surface area (Å²) in [5.41, 5.74) is 2.40. The van der Waals surface area contributed by atoms with Crippen LogP contribution in [0.5, 0.6) is 0 Å². The fourth-order valence-corrected chi connectivity index (χ4v) is 3.87. The number of hydrogen-bond acceptors (Lipinski definition) is 5. The molecule has 6 nitrogen and oxygen atoms in total. The van der Waals surface area contributed by atoms with Gasteiger partial charge < -0.3 is 9.88 Å². The molecule has 1 amide bonds. The van der Waals surface area contributed by atoms with Gasteiger partial charge in [0.1, 0.15) is 11.5 Å². The molecule has 2 aromatic heterocycles. The van der Waals surface area contributed by atoms with Crippen LogP contribution in [0.25, 0.3) is 11.0 Å². The van der Waals surface area contributed by atoms with Crippen molar-refractivity contribution in [3.8, 4) is 0 Å². The van der Waals surface area contributed by atoms with E-state index in [1.807, 2.05) is 18.7 Å². The molecule has 1 unspecified atom stereocenters. The molecule has 1 atom stereocenters. The van der Waals surface area contributed by atoms with Crippen molar-refractivity contribution in [3.63, 3.8) is 0 Å². The number of rotatable bonds is 9. The molecule has 0 bridgehead atoms. The van der Waals surface area contributed by atoms with E-state index in [1.54, 1.807) is 6.20 Å². The molecule has 1 aromatic carbocycles. The van der Waals surface area contributed by atoms with Crippen molar-refractivity contribution in [2.24, 2.45) is 0 Å². The maximum Gasteiger partial charge on any atom is 0.272 e. The normalized spacial score (nSPS) is 12.2. The van der Waals surface area contributed by atoms with E-state index in [0.717, 1.165) is 48.4 Å². The number of hydrogen-bond donors (Lipinski definition) is 1. The molecule has 0 aliphatic heterocycles. The second-order valence-electron chi connectivity index (χ2n) is 6.76. The predicted molar refractivity (Wildman–Crippen MR) is 114 cm³/mol. The van der Waals surface area contributed by atoms with E-state index in [1.165, 1.54) is 17.3 Å². The van der Waals surface area contributed by atoms with Gasteiger partial charge in [-0.25, -0.2) is 9.97 Å². The number of unbranched alkanes of at least 4 members (excludes halogenated alkanes) is 1. The molecule has 2 heterocycles. The lowest BCUT2D eigenvalue weighted by Gasteiger charge is -2.16. The molecule has 148 valence electrons. The van der Waals surface area contributed by atoms with Crippen LogP contribution in [0.4, 0.5) is 0 Å². The molecule has 1 N–H and O–H groups in total. The van der Waals surface area contributed by atoms with Crippen LogP contribution in [0, 0.1) is 0 Å². The largest absolute Gasteiger partial charge is 0.341 e. The van der Waals surface area contributed by atoms with Crippen LogP contribution >= 0.6 is 11.8 Å². The third-order valence-corrected chi connectivity index (χ3v) is 5.69. The van der Waals surface area contributed by atoms with Gasteiger partial charge in [0.15, 0.2) is 0 Å². The van der Waals surface area contributed by atoms with Crippen LogP contribution < -0.4 is 5.32 Å². The van der Waals surface area contributed by atoms with Crippen LogP contribution in [-0.2, 0) is 6.54 Å². The van der Waals surface area contributed by atoms with E-state index in [9.17, 15) is 4.79 Å². The van der Waals surface area contributed by atoms with Crippen LogP contribution in [0.2, 0.25) is 0 Å². The van der Waals surface area contributed by atoms with Gasteiger partial charge in [0.05, 0.1) is 23.3 Å². The van der Waals surface area contributed by atoms with E-state index in [0.29, 0.717) is 5.69 Å². The van der Waals surface area contributed by atoms with E-state index >= 15 is 0 Å². The smallest absolute Gasteiger partial charge is 0.272 e. The highest BCUT2D eigenvalue weighted by atomic mass is 32.2. The number of carbonyl (C=O) groups excluding carboxylic acids is 1. The minimum Gasteiger partial charge on any atom is -0.341 e. The molecular formula is C21H27N5OS. The van der Waals surface area contributed by atoms with Gasteiger partial charge in [0, 0.05) is 23.8 Å². The molecule has 0 saturated heterocycles. The molecule has 3 rings (SSSR count). The summed E-state index contributed by atoms with van der Waals surface area (Å²) in [6, 6.07) is 6.24. The Morgan fingerprint density at radius 2 is 2.11 bits per heavy atom. The monoisotopic (exact) mass is 397 g/mol. The second-order valence-corrected chi connectivity index (χ2v) is 7.93. The number of benzene rings is 1. The zero-order valence-electron chi connectivity index (χ0n) is 16.7. The van der Waals surface area contributed by atoms with Crippen molar-refractivity contribution in [3.05, 3.63) is 48.3 Å². The quantitative estimate of drug-likeness (QED) is 0.533.